The lowest BCUT2D eigenvalue weighted by Gasteiger charge is -2.20. The van der Waals surface area contributed by atoms with E-state index in [0.717, 1.165) is 22.9 Å². The molecule has 0 aliphatic carbocycles. The van der Waals surface area contributed by atoms with Crippen LogP contribution in [0.1, 0.15) is 34.0 Å². The summed E-state index contributed by atoms with van der Waals surface area (Å²) < 4.78 is 39.8. The lowest BCUT2D eigenvalue weighted by Crippen LogP contribution is -2.29. The third kappa shape index (κ3) is 5.86. The third-order valence-electron chi connectivity index (χ3n) is 5.94. The van der Waals surface area contributed by atoms with Gasteiger partial charge in [-0.1, -0.05) is 35.5 Å². The summed E-state index contributed by atoms with van der Waals surface area (Å²) in [7, 11) is 0. The number of alkyl halides is 3. The normalized spacial score (nSPS) is 13.2. The van der Waals surface area contributed by atoms with Crippen LogP contribution >= 0.6 is 0 Å². The SMILES string of the molecule is O=C(Nc1ccc([C@@H](O)[C@H](CCn2nnc3ccccc3c2=O)C(=O)O)cc1)c1cccc(C(F)(F)F)c1. The van der Waals surface area contributed by atoms with Crippen LogP contribution in [0.15, 0.2) is 77.6 Å². The van der Waals surface area contributed by atoms with E-state index < -0.39 is 41.2 Å². The van der Waals surface area contributed by atoms with Crippen molar-refractivity contribution in [2.75, 3.05) is 5.32 Å². The molecule has 1 amide bonds. The number of benzene rings is 3. The Morgan fingerprint density at radius 2 is 1.71 bits per heavy atom. The van der Waals surface area contributed by atoms with Gasteiger partial charge >= 0.3 is 12.1 Å². The summed E-state index contributed by atoms with van der Waals surface area (Å²) in [5.41, 5.74) is -0.722. The number of anilines is 1. The lowest BCUT2D eigenvalue weighted by atomic mass is 9.92. The zero-order valence-corrected chi connectivity index (χ0v) is 19.6. The van der Waals surface area contributed by atoms with Crippen LogP contribution in [-0.4, -0.2) is 37.1 Å². The number of carbonyl (C=O) groups excluding carboxylic acids is 1. The van der Waals surface area contributed by atoms with E-state index in [4.69, 9.17) is 0 Å². The number of carbonyl (C=O) groups is 2. The molecule has 1 heterocycles. The number of aliphatic hydroxyl groups excluding tert-OH is 1. The van der Waals surface area contributed by atoms with Gasteiger partial charge in [0.1, 0.15) is 5.52 Å². The number of aliphatic hydroxyl groups is 1. The largest absolute Gasteiger partial charge is 0.481 e. The summed E-state index contributed by atoms with van der Waals surface area (Å²) in [5.74, 6) is -3.35. The van der Waals surface area contributed by atoms with E-state index in [0.29, 0.717) is 10.9 Å². The van der Waals surface area contributed by atoms with Gasteiger partial charge in [-0.25, -0.2) is 4.68 Å². The van der Waals surface area contributed by atoms with Crippen molar-refractivity contribution < 1.29 is 33.0 Å². The van der Waals surface area contributed by atoms with Gasteiger partial charge in [-0.15, -0.1) is 5.10 Å². The van der Waals surface area contributed by atoms with E-state index in [9.17, 15) is 37.8 Å². The summed E-state index contributed by atoms with van der Waals surface area (Å²) in [6.45, 7) is -0.101. The topological polar surface area (TPSA) is 134 Å². The summed E-state index contributed by atoms with van der Waals surface area (Å²) in [6, 6.07) is 16.1. The zero-order chi connectivity index (χ0) is 27.4. The number of carboxylic acid groups (broad SMARTS) is 1. The average Bonchev–Trinajstić information content (AvgIpc) is 2.90. The van der Waals surface area contributed by atoms with Crippen LogP contribution in [0.4, 0.5) is 18.9 Å². The number of aromatic nitrogens is 3. The molecular weight excluding hydrogens is 505 g/mol. The molecule has 196 valence electrons. The molecule has 4 aromatic rings. The number of halogens is 3. The van der Waals surface area contributed by atoms with Gasteiger partial charge in [-0.05, 0) is 54.4 Å². The Morgan fingerprint density at radius 3 is 2.39 bits per heavy atom. The second kappa shape index (κ2) is 10.8. The number of hydrogen-bond donors (Lipinski definition) is 3. The fourth-order valence-electron chi connectivity index (χ4n) is 3.88. The summed E-state index contributed by atoms with van der Waals surface area (Å²) in [4.78, 5) is 36.9. The summed E-state index contributed by atoms with van der Waals surface area (Å²) >= 11 is 0. The summed E-state index contributed by atoms with van der Waals surface area (Å²) in [6.07, 6.45) is -6.18. The lowest BCUT2D eigenvalue weighted by molar-refractivity contribution is -0.146. The minimum absolute atomic E-state index is 0.101. The standard InChI is InChI=1S/C26H21F3N4O5/c27-26(28,29)17-5-3-4-16(14-17)23(35)30-18-10-8-15(9-11-18)22(34)20(25(37)38)12-13-33-24(36)19-6-1-2-7-21(19)31-32-33/h1-11,14,20,22,34H,12-13H2,(H,30,35)(H,37,38)/t20-,22+/m0/s1. The molecular formula is C26H21F3N4O5. The molecule has 0 radical (unpaired) electrons. The van der Waals surface area contributed by atoms with Crippen molar-refractivity contribution >= 4 is 28.5 Å². The highest BCUT2D eigenvalue weighted by molar-refractivity contribution is 6.04. The molecule has 0 spiro atoms. The maximum Gasteiger partial charge on any atom is 0.416 e. The van der Waals surface area contributed by atoms with Gasteiger partial charge in [0.25, 0.3) is 11.5 Å². The Labute approximate surface area is 213 Å². The molecule has 38 heavy (non-hydrogen) atoms. The van der Waals surface area contributed by atoms with Gasteiger partial charge in [-0.2, -0.15) is 13.2 Å². The predicted molar refractivity (Wildman–Crippen MR) is 130 cm³/mol. The first kappa shape index (κ1) is 26.5. The van der Waals surface area contributed by atoms with E-state index >= 15 is 0 Å². The maximum absolute atomic E-state index is 12.9. The highest BCUT2D eigenvalue weighted by Crippen LogP contribution is 2.30. The number of carboxylic acids is 1. The fourth-order valence-corrected chi connectivity index (χ4v) is 3.88. The number of nitrogens with one attached hydrogen (secondary N) is 1. The fraction of sp³-hybridized carbons (Fsp3) is 0.192. The first-order chi connectivity index (χ1) is 18.0. The Hall–Kier alpha value is -4.58. The van der Waals surface area contributed by atoms with E-state index in [1.54, 1.807) is 24.3 Å². The van der Waals surface area contributed by atoms with Crippen LogP contribution in [0, 0.1) is 5.92 Å². The number of hydrogen-bond acceptors (Lipinski definition) is 6. The van der Waals surface area contributed by atoms with Gasteiger partial charge < -0.3 is 15.5 Å². The molecule has 1 aromatic heterocycles. The van der Waals surface area contributed by atoms with Gasteiger partial charge in [0.05, 0.1) is 23.0 Å². The Kier molecular flexibility index (Phi) is 7.53. The Morgan fingerprint density at radius 1 is 1.00 bits per heavy atom. The second-order valence-electron chi connectivity index (χ2n) is 8.47. The molecule has 3 aromatic carbocycles. The molecule has 12 heteroatoms. The number of amides is 1. The van der Waals surface area contributed by atoms with Crippen LogP contribution in [0.5, 0.6) is 0 Å². The predicted octanol–water partition coefficient (Wildman–Crippen LogP) is 3.89. The molecule has 0 saturated carbocycles. The smallest absolute Gasteiger partial charge is 0.416 e. The molecule has 0 unspecified atom stereocenters. The average molecular weight is 526 g/mol. The number of fused-ring (bicyclic) bond motifs is 1. The molecule has 0 aliphatic rings. The summed E-state index contributed by atoms with van der Waals surface area (Å²) in [5, 5.41) is 31.0. The van der Waals surface area contributed by atoms with E-state index in [2.05, 4.69) is 15.6 Å². The van der Waals surface area contributed by atoms with Crippen molar-refractivity contribution in [3.63, 3.8) is 0 Å². The Balaban J connectivity index is 1.44. The van der Waals surface area contributed by atoms with Crippen molar-refractivity contribution in [1.82, 2.24) is 15.0 Å². The highest BCUT2D eigenvalue weighted by atomic mass is 19.4. The van der Waals surface area contributed by atoms with Gasteiger partial charge in [0.2, 0.25) is 0 Å². The quantitative estimate of drug-likeness (QED) is 0.317. The Bertz CT molecular complexity index is 1540. The van der Waals surface area contributed by atoms with Crippen LogP contribution in [-0.2, 0) is 17.5 Å². The third-order valence-corrected chi connectivity index (χ3v) is 5.94. The zero-order valence-electron chi connectivity index (χ0n) is 19.6. The molecule has 9 nitrogen and oxygen atoms in total. The minimum atomic E-state index is -4.59. The molecule has 4 rings (SSSR count). The van der Waals surface area contributed by atoms with E-state index in [1.807, 2.05) is 0 Å². The van der Waals surface area contributed by atoms with E-state index in [1.165, 1.54) is 30.3 Å². The first-order valence-corrected chi connectivity index (χ1v) is 11.4. The van der Waals surface area contributed by atoms with Crippen LogP contribution in [0.25, 0.3) is 10.9 Å². The minimum Gasteiger partial charge on any atom is -0.481 e. The van der Waals surface area contributed by atoms with Crippen LogP contribution in [0.3, 0.4) is 0 Å². The van der Waals surface area contributed by atoms with Crippen LogP contribution < -0.4 is 10.9 Å². The second-order valence-corrected chi connectivity index (χ2v) is 8.47. The molecule has 2 atom stereocenters. The van der Waals surface area contributed by atoms with Crippen molar-refractivity contribution in [1.29, 1.82) is 0 Å². The van der Waals surface area contributed by atoms with Crippen molar-refractivity contribution in [3.8, 4) is 0 Å². The van der Waals surface area contributed by atoms with Gasteiger partial charge in [-0.3, -0.25) is 14.4 Å². The highest BCUT2D eigenvalue weighted by Gasteiger charge is 2.31. The maximum atomic E-state index is 12.9. The molecule has 0 fully saturated rings. The van der Waals surface area contributed by atoms with Crippen molar-refractivity contribution in [3.05, 3.63) is 99.8 Å². The molecule has 3 N–H and O–H groups in total. The first-order valence-electron chi connectivity index (χ1n) is 11.4. The van der Waals surface area contributed by atoms with Crippen LogP contribution in [0.2, 0.25) is 0 Å². The molecule has 0 saturated heterocycles. The molecule has 0 bridgehead atoms. The number of aryl methyl sites for hydroxylation is 1. The number of rotatable bonds is 8. The van der Waals surface area contributed by atoms with Gasteiger partial charge in [0, 0.05) is 17.8 Å². The van der Waals surface area contributed by atoms with Crippen molar-refractivity contribution in [2.24, 2.45) is 5.92 Å². The monoisotopic (exact) mass is 526 g/mol. The van der Waals surface area contributed by atoms with Gasteiger partial charge in [0.15, 0.2) is 0 Å². The van der Waals surface area contributed by atoms with E-state index in [-0.39, 0.29) is 29.8 Å². The number of aliphatic carboxylic acids is 1. The van der Waals surface area contributed by atoms with Crippen molar-refractivity contribution in [2.45, 2.75) is 25.2 Å². The molecule has 0 aliphatic heterocycles. The number of nitrogens with zero attached hydrogens (tertiary/aromatic N) is 3.